The van der Waals surface area contributed by atoms with E-state index in [0.29, 0.717) is 31.0 Å². The molecule has 0 fully saturated rings. The Bertz CT molecular complexity index is 779. The number of carbonyl (C=O) groups excluding carboxylic acids is 1. The number of methoxy groups -OCH3 is 2. The van der Waals surface area contributed by atoms with E-state index in [4.69, 9.17) is 9.47 Å². The summed E-state index contributed by atoms with van der Waals surface area (Å²) in [5.41, 5.74) is 2.31. The molecule has 2 aromatic rings. The van der Waals surface area contributed by atoms with Crippen LogP contribution in [0.3, 0.4) is 0 Å². The van der Waals surface area contributed by atoms with Gasteiger partial charge in [-0.3, -0.25) is 4.79 Å². The minimum Gasteiger partial charge on any atom is -0.493 e. The fraction of sp³-hybridized carbons (Fsp3) is 0.350. The molecule has 26 heavy (non-hydrogen) atoms. The summed E-state index contributed by atoms with van der Waals surface area (Å²) in [5, 5.41) is 0. The number of rotatable bonds is 6. The molecule has 0 bridgehead atoms. The maximum absolute atomic E-state index is 12.9. The van der Waals surface area contributed by atoms with Crippen LogP contribution in [0.5, 0.6) is 11.5 Å². The molecule has 0 atom stereocenters. The van der Waals surface area contributed by atoms with Gasteiger partial charge in [0.2, 0.25) is 5.91 Å². The highest BCUT2D eigenvalue weighted by Gasteiger charge is 2.22. The van der Waals surface area contributed by atoms with Gasteiger partial charge in [-0.2, -0.15) is 0 Å². The molecule has 0 aromatic heterocycles. The molecule has 2 aromatic carbocycles. The van der Waals surface area contributed by atoms with Gasteiger partial charge >= 0.3 is 0 Å². The van der Waals surface area contributed by atoms with Crippen molar-refractivity contribution < 1.29 is 18.7 Å². The Labute approximate surface area is 157 Å². The number of fused-ring (bicyclic) bond motifs is 1. The second kappa shape index (κ2) is 8.45. The van der Waals surface area contributed by atoms with Crippen LogP contribution in [0.25, 0.3) is 0 Å². The van der Waals surface area contributed by atoms with Gasteiger partial charge < -0.3 is 14.4 Å². The number of nitrogens with zero attached hydrogens (tertiary/aromatic N) is 1. The fourth-order valence-corrected chi connectivity index (χ4v) is 3.88. The molecule has 6 heteroatoms. The predicted molar refractivity (Wildman–Crippen MR) is 100 cm³/mol. The monoisotopic (exact) mass is 375 g/mol. The third-order valence-corrected chi connectivity index (χ3v) is 5.48. The number of hydrogen-bond donors (Lipinski definition) is 0. The molecule has 0 saturated carbocycles. The number of benzene rings is 2. The van der Waals surface area contributed by atoms with Crippen LogP contribution in [-0.4, -0.2) is 37.3 Å². The van der Waals surface area contributed by atoms with E-state index in [2.05, 4.69) is 0 Å². The van der Waals surface area contributed by atoms with Gasteiger partial charge in [-0.15, -0.1) is 11.8 Å². The molecule has 1 aliphatic heterocycles. The van der Waals surface area contributed by atoms with Crippen molar-refractivity contribution in [2.24, 2.45) is 0 Å². The van der Waals surface area contributed by atoms with Gasteiger partial charge in [0.25, 0.3) is 0 Å². The number of carbonyl (C=O) groups is 1. The normalized spacial score (nSPS) is 13.3. The summed E-state index contributed by atoms with van der Waals surface area (Å²) in [6, 6.07) is 10.3. The first-order valence-corrected chi connectivity index (χ1v) is 9.49. The number of amides is 1. The summed E-state index contributed by atoms with van der Waals surface area (Å²) in [6.45, 7) is 1.30. The number of halogens is 1. The van der Waals surface area contributed by atoms with Crippen LogP contribution >= 0.6 is 11.8 Å². The summed E-state index contributed by atoms with van der Waals surface area (Å²) < 4.78 is 23.6. The van der Waals surface area contributed by atoms with Crippen LogP contribution in [0.2, 0.25) is 0 Å². The zero-order chi connectivity index (χ0) is 18.5. The predicted octanol–water partition coefficient (Wildman–Crippen LogP) is 3.91. The third kappa shape index (κ3) is 4.30. The van der Waals surface area contributed by atoms with Gasteiger partial charge in [0.15, 0.2) is 11.5 Å². The van der Waals surface area contributed by atoms with Crippen molar-refractivity contribution in [2.75, 3.05) is 26.5 Å². The van der Waals surface area contributed by atoms with Gasteiger partial charge in [0, 0.05) is 30.2 Å². The molecular weight excluding hydrogens is 353 g/mol. The maximum Gasteiger partial charge on any atom is 0.223 e. The molecule has 0 spiro atoms. The van der Waals surface area contributed by atoms with E-state index in [1.165, 1.54) is 17.7 Å². The Balaban J connectivity index is 1.57. The zero-order valence-electron chi connectivity index (χ0n) is 15.0. The molecule has 1 amide bonds. The lowest BCUT2D eigenvalue weighted by Gasteiger charge is -2.29. The lowest BCUT2D eigenvalue weighted by atomic mass is 9.98. The Morgan fingerprint density at radius 2 is 1.77 bits per heavy atom. The molecule has 3 rings (SSSR count). The van der Waals surface area contributed by atoms with Crippen molar-refractivity contribution in [3.8, 4) is 11.5 Å². The minimum atomic E-state index is -0.246. The van der Waals surface area contributed by atoms with Crippen LogP contribution in [0, 0.1) is 5.82 Å². The average molecular weight is 375 g/mol. The number of thioether (sulfide) groups is 1. The molecule has 0 aliphatic carbocycles. The van der Waals surface area contributed by atoms with Crippen LogP contribution in [0.4, 0.5) is 4.39 Å². The molecule has 0 N–H and O–H groups in total. The second-order valence-corrected chi connectivity index (χ2v) is 7.26. The summed E-state index contributed by atoms with van der Waals surface area (Å²) in [6.07, 6.45) is 1.27. The first-order chi connectivity index (χ1) is 12.6. The smallest absolute Gasteiger partial charge is 0.223 e. The number of hydrogen-bond acceptors (Lipinski definition) is 4. The molecule has 138 valence electrons. The van der Waals surface area contributed by atoms with Gasteiger partial charge in [-0.1, -0.05) is 0 Å². The van der Waals surface area contributed by atoms with Gasteiger partial charge in [-0.05, 0) is 53.9 Å². The first kappa shape index (κ1) is 18.6. The van der Waals surface area contributed by atoms with Crippen molar-refractivity contribution in [1.82, 2.24) is 4.90 Å². The topological polar surface area (TPSA) is 38.8 Å². The van der Waals surface area contributed by atoms with E-state index in [-0.39, 0.29) is 11.7 Å². The van der Waals surface area contributed by atoms with E-state index in [0.717, 1.165) is 22.6 Å². The lowest BCUT2D eigenvalue weighted by molar-refractivity contribution is -0.131. The van der Waals surface area contributed by atoms with Crippen molar-refractivity contribution in [3.05, 3.63) is 53.3 Å². The Morgan fingerprint density at radius 1 is 1.12 bits per heavy atom. The van der Waals surface area contributed by atoms with Crippen molar-refractivity contribution in [2.45, 2.75) is 24.3 Å². The fourth-order valence-electron chi connectivity index (χ4n) is 3.04. The second-order valence-electron chi connectivity index (χ2n) is 6.09. The highest BCUT2D eigenvalue weighted by molar-refractivity contribution is 7.99. The highest BCUT2D eigenvalue weighted by atomic mass is 32.2. The van der Waals surface area contributed by atoms with E-state index in [1.807, 2.05) is 17.0 Å². The van der Waals surface area contributed by atoms with Gasteiger partial charge in [-0.25, -0.2) is 4.39 Å². The molecule has 1 aliphatic rings. The Hall–Kier alpha value is -2.21. The van der Waals surface area contributed by atoms with Crippen LogP contribution in [-0.2, 0) is 17.8 Å². The summed E-state index contributed by atoms with van der Waals surface area (Å²) >= 11 is 1.57. The van der Waals surface area contributed by atoms with Crippen LogP contribution in [0.15, 0.2) is 41.3 Å². The SMILES string of the molecule is COc1cc2c(cc1OC)CN(C(=O)CCSc1ccc(F)cc1)CC2. The van der Waals surface area contributed by atoms with Crippen LogP contribution in [0.1, 0.15) is 17.5 Å². The zero-order valence-corrected chi connectivity index (χ0v) is 15.8. The van der Waals surface area contributed by atoms with Crippen molar-refractivity contribution in [3.63, 3.8) is 0 Å². The number of ether oxygens (including phenoxy) is 2. The molecule has 0 saturated heterocycles. The quantitative estimate of drug-likeness (QED) is 0.718. The van der Waals surface area contributed by atoms with E-state index in [1.54, 1.807) is 38.1 Å². The van der Waals surface area contributed by atoms with E-state index in [9.17, 15) is 9.18 Å². The standard InChI is InChI=1S/C20H22FNO3S/c1-24-18-11-14-7-9-22(13-15(14)12-19(18)25-2)20(23)8-10-26-17-5-3-16(21)4-6-17/h3-6,11-12H,7-10,13H2,1-2H3. The molecule has 0 radical (unpaired) electrons. The van der Waals surface area contributed by atoms with E-state index >= 15 is 0 Å². The maximum atomic E-state index is 12.9. The molecule has 1 heterocycles. The molecule has 0 unspecified atom stereocenters. The Kier molecular flexibility index (Phi) is 6.04. The third-order valence-electron chi connectivity index (χ3n) is 4.47. The van der Waals surface area contributed by atoms with Gasteiger partial charge in [0.05, 0.1) is 14.2 Å². The summed E-state index contributed by atoms with van der Waals surface area (Å²) in [7, 11) is 3.24. The Morgan fingerprint density at radius 3 is 2.42 bits per heavy atom. The largest absolute Gasteiger partial charge is 0.493 e. The average Bonchev–Trinajstić information content (AvgIpc) is 2.67. The van der Waals surface area contributed by atoms with Crippen molar-refractivity contribution in [1.29, 1.82) is 0 Å². The van der Waals surface area contributed by atoms with E-state index < -0.39 is 0 Å². The molecular formula is C20H22FNO3S. The van der Waals surface area contributed by atoms with Crippen LogP contribution < -0.4 is 9.47 Å². The lowest BCUT2D eigenvalue weighted by Crippen LogP contribution is -2.36. The van der Waals surface area contributed by atoms with Gasteiger partial charge in [0.1, 0.15) is 5.82 Å². The summed E-state index contributed by atoms with van der Waals surface area (Å²) in [4.78, 5) is 15.4. The first-order valence-electron chi connectivity index (χ1n) is 8.50. The highest BCUT2D eigenvalue weighted by Crippen LogP contribution is 2.33. The molecule has 4 nitrogen and oxygen atoms in total. The minimum absolute atomic E-state index is 0.139. The van der Waals surface area contributed by atoms with Crippen molar-refractivity contribution >= 4 is 17.7 Å². The summed E-state index contributed by atoms with van der Waals surface area (Å²) in [5.74, 6) is 1.98.